The van der Waals surface area contributed by atoms with Crippen molar-refractivity contribution < 1.29 is 0 Å². The fraction of sp³-hybridized carbons (Fsp3) is 0.333. The van der Waals surface area contributed by atoms with Gasteiger partial charge in [0.15, 0.2) is 5.82 Å². The number of nitrogens with zero attached hydrogens (tertiary/aromatic N) is 4. The number of anilines is 1. The normalized spacial score (nSPS) is 14.4. The summed E-state index contributed by atoms with van der Waals surface area (Å²) in [5.74, 6) is 2.22. The third-order valence-electron chi connectivity index (χ3n) is 5.68. The van der Waals surface area contributed by atoms with Crippen LogP contribution in [0.1, 0.15) is 35.8 Å². The Balaban J connectivity index is 1.48. The second kappa shape index (κ2) is 8.48. The molecule has 6 heteroatoms. The lowest BCUT2D eigenvalue weighted by Crippen LogP contribution is -2.15. The minimum Gasteiger partial charge on any atom is -0.369 e. The number of aromatic nitrogens is 4. The topological polar surface area (TPSA) is 63.6 Å². The number of pyridine rings is 2. The molecule has 1 aliphatic carbocycles. The summed E-state index contributed by atoms with van der Waals surface area (Å²) in [6, 6.07) is 8.10. The minimum atomic E-state index is 0.470. The molecule has 1 atom stereocenters. The molecule has 1 unspecified atom stereocenters. The van der Waals surface area contributed by atoms with Crippen LogP contribution in [-0.4, -0.2) is 26.5 Å². The van der Waals surface area contributed by atoms with E-state index in [1.807, 2.05) is 41.9 Å². The summed E-state index contributed by atoms with van der Waals surface area (Å²) in [6.45, 7) is 3.13. The van der Waals surface area contributed by atoms with Crippen LogP contribution >= 0.6 is 11.3 Å². The van der Waals surface area contributed by atoms with Gasteiger partial charge in [0.05, 0.1) is 5.39 Å². The van der Waals surface area contributed by atoms with E-state index in [9.17, 15) is 0 Å². The summed E-state index contributed by atoms with van der Waals surface area (Å²) in [6.07, 6.45) is 13.2. The van der Waals surface area contributed by atoms with Crippen LogP contribution in [0.2, 0.25) is 0 Å². The van der Waals surface area contributed by atoms with Gasteiger partial charge in [-0.1, -0.05) is 13.0 Å². The number of rotatable bonds is 6. The molecule has 0 saturated carbocycles. The SMILES string of the molecule is CC(CNc1nc(-c2ccncc2)nc2sc3c(c12)CCCC3)Cc1cccnc1. The summed E-state index contributed by atoms with van der Waals surface area (Å²) in [5, 5.41) is 4.91. The smallest absolute Gasteiger partial charge is 0.163 e. The van der Waals surface area contributed by atoms with Crippen molar-refractivity contribution in [2.24, 2.45) is 5.92 Å². The summed E-state index contributed by atoms with van der Waals surface area (Å²) in [4.78, 5) is 20.9. The van der Waals surface area contributed by atoms with Crippen LogP contribution in [0.3, 0.4) is 0 Å². The molecule has 4 heterocycles. The van der Waals surface area contributed by atoms with Crippen LogP contribution in [0.25, 0.3) is 21.6 Å². The van der Waals surface area contributed by atoms with Gasteiger partial charge in [0.2, 0.25) is 0 Å². The van der Waals surface area contributed by atoms with Gasteiger partial charge in [-0.15, -0.1) is 11.3 Å². The van der Waals surface area contributed by atoms with Crippen molar-refractivity contribution in [3.63, 3.8) is 0 Å². The van der Waals surface area contributed by atoms with Gasteiger partial charge in [-0.3, -0.25) is 9.97 Å². The summed E-state index contributed by atoms with van der Waals surface area (Å²) >= 11 is 1.84. The summed E-state index contributed by atoms with van der Waals surface area (Å²) in [7, 11) is 0. The van der Waals surface area contributed by atoms with E-state index in [-0.39, 0.29) is 0 Å². The molecule has 1 N–H and O–H groups in total. The molecule has 5 nitrogen and oxygen atoms in total. The Morgan fingerprint density at radius 3 is 2.73 bits per heavy atom. The fourth-order valence-electron chi connectivity index (χ4n) is 4.18. The highest BCUT2D eigenvalue weighted by Crippen LogP contribution is 2.39. The van der Waals surface area contributed by atoms with Crippen molar-refractivity contribution in [3.05, 3.63) is 65.1 Å². The van der Waals surface area contributed by atoms with Crippen LogP contribution in [-0.2, 0) is 19.3 Å². The average molecular weight is 416 g/mol. The number of thiophene rings is 1. The Labute approximate surface area is 180 Å². The van der Waals surface area contributed by atoms with E-state index in [1.54, 1.807) is 12.4 Å². The van der Waals surface area contributed by atoms with Crippen LogP contribution in [0, 0.1) is 5.92 Å². The summed E-state index contributed by atoms with van der Waals surface area (Å²) < 4.78 is 0. The number of fused-ring (bicyclic) bond motifs is 3. The van der Waals surface area contributed by atoms with Gasteiger partial charge < -0.3 is 5.32 Å². The zero-order chi connectivity index (χ0) is 20.3. The molecule has 152 valence electrons. The molecule has 0 amide bonds. The van der Waals surface area contributed by atoms with Gasteiger partial charge in [-0.25, -0.2) is 9.97 Å². The largest absolute Gasteiger partial charge is 0.369 e. The summed E-state index contributed by atoms with van der Waals surface area (Å²) in [5.41, 5.74) is 3.74. The molecule has 0 fully saturated rings. The number of hydrogen-bond acceptors (Lipinski definition) is 6. The van der Waals surface area contributed by atoms with E-state index in [4.69, 9.17) is 9.97 Å². The van der Waals surface area contributed by atoms with Gasteiger partial charge in [-0.2, -0.15) is 0 Å². The molecule has 0 spiro atoms. The highest BCUT2D eigenvalue weighted by Gasteiger charge is 2.21. The van der Waals surface area contributed by atoms with Crippen molar-refractivity contribution in [1.82, 2.24) is 19.9 Å². The first-order chi connectivity index (χ1) is 14.8. The van der Waals surface area contributed by atoms with E-state index < -0.39 is 0 Å². The second-order valence-corrected chi connectivity index (χ2v) is 9.16. The quantitative estimate of drug-likeness (QED) is 0.462. The standard InChI is InChI=1S/C24H25N5S/c1-16(13-17-5-4-10-26-15-17)14-27-23-21-19-6-2-3-7-20(19)30-24(21)29-22(28-23)18-8-11-25-12-9-18/h4-5,8-12,15-16H,2-3,6-7,13-14H2,1H3,(H,27,28,29). The lowest BCUT2D eigenvalue weighted by atomic mass is 9.97. The lowest BCUT2D eigenvalue weighted by Gasteiger charge is -2.16. The Kier molecular flexibility index (Phi) is 5.41. The van der Waals surface area contributed by atoms with E-state index in [1.165, 1.54) is 34.2 Å². The molecule has 4 aromatic rings. The molecule has 0 bridgehead atoms. The molecule has 0 aliphatic heterocycles. The molecule has 4 aromatic heterocycles. The first-order valence-electron chi connectivity index (χ1n) is 10.6. The first kappa shape index (κ1) is 19.1. The van der Waals surface area contributed by atoms with Gasteiger partial charge in [0.25, 0.3) is 0 Å². The Bertz CT molecular complexity index is 1140. The Morgan fingerprint density at radius 2 is 1.90 bits per heavy atom. The number of nitrogens with one attached hydrogen (secondary N) is 1. The monoisotopic (exact) mass is 415 g/mol. The van der Waals surface area contributed by atoms with Gasteiger partial charge in [-0.05, 0) is 67.3 Å². The minimum absolute atomic E-state index is 0.470. The predicted octanol–water partition coefficient (Wildman–Crippen LogP) is 5.32. The number of hydrogen-bond donors (Lipinski definition) is 1. The van der Waals surface area contributed by atoms with Crippen LogP contribution in [0.15, 0.2) is 49.1 Å². The third-order valence-corrected chi connectivity index (χ3v) is 6.86. The van der Waals surface area contributed by atoms with Crippen LogP contribution in [0.5, 0.6) is 0 Å². The molecular formula is C24H25N5S. The van der Waals surface area contributed by atoms with Gasteiger partial charge >= 0.3 is 0 Å². The molecule has 0 radical (unpaired) electrons. The Hall–Kier alpha value is -2.86. The second-order valence-electron chi connectivity index (χ2n) is 8.07. The zero-order valence-electron chi connectivity index (χ0n) is 17.1. The molecule has 1 aliphatic rings. The third kappa shape index (κ3) is 3.92. The van der Waals surface area contributed by atoms with Crippen molar-refractivity contribution in [2.75, 3.05) is 11.9 Å². The first-order valence-corrected chi connectivity index (χ1v) is 11.4. The van der Waals surface area contributed by atoms with E-state index >= 15 is 0 Å². The van der Waals surface area contributed by atoms with Crippen molar-refractivity contribution >= 4 is 27.4 Å². The maximum atomic E-state index is 4.97. The van der Waals surface area contributed by atoms with Crippen molar-refractivity contribution in [1.29, 1.82) is 0 Å². The molecule has 30 heavy (non-hydrogen) atoms. The molecular weight excluding hydrogens is 390 g/mol. The van der Waals surface area contributed by atoms with Crippen LogP contribution < -0.4 is 5.32 Å². The maximum absolute atomic E-state index is 4.97. The van der Waals surface area contributed by atoms with Crippen molar-refractivity contribution in [3.8, 4) is 11.4 Å². The maximum Gasteiger partial charge on any atom is 0.163 e. The predicted molar refractivity (Wildman–Crippen MR) is 123 cm³/mol. The molecule has 5 rings (SSSR count). The van der Waals surface area contributed by atoms with Gasteiger partial charge in [0, 0.05) is 41.8 Å². The van der Waals surface area contributed by atoms with Gasteiger partial charge in [0.1, 0.15) is 10.6 Å². The van der Waals surface area contributed by atoms with E-state index in [0.29, 0.717) is 5.92 Å². The van der Waals surface area contributed by atoms with E-state index in [0.717, 1.165) is 47.8 Å². The average Bonchev–Trinajstić information content (AvgIpc) is 3.17. The highest BCUT2D eigenvalue weighted by molar-refractivity contribution is 7.19. The number of aryl methyl sites for hydroxylation is 2. The zero-order valence-corrected chi connectivity index (χ0v) is 18.0. The fourth-order valence-corrected chi connectivity index (χ4v) is 5.44. The highest BCUT2D eigenvalue weighted by atomic mass is 32.1. The molecule has 0 aromatic carbocycles. The Morgan fingerprint density at radius 1 is 1.03 bits per heavy atom. The van der Waals surface area contributed by atoms with Crippen LogP contribution in [0.4, 0.5) is 5.82 Å². The van der Waals surface area contributed by atoms with Crippen molar-refractivity contribution in [2.45, 2.75) is 39.0 Å². The molecule has 0 saturated heterocycles. The van der Waals surface area contributed by atoms with E-state index in [2.05, 4.69) is 28.3 Å². The lowest BCUT2D eigenvalue weighted by molar-refractivity contribution is 0.610.